The molecule has 1 aromatic carbocycles. The number of benzene rings is 1. The topological polar surface area (TPSA) is 48.5 Å². The van der Waals surface area contributed by atoms with Crippen LogP contribution in [-0.4, -0.2) is 48.5 Å². The van der Waals surface area contributed by atoms with Crippen LogP contribution in [0.15, 0.2) is 42.6 Å². The summed E-state index contributed by atoms with van der Waals surface area (Å²) in [7, 11) is 0. The lowest BCUT2D eigenvalue weighted by Crippen LogP contribution is -2.46. The average Bonchev–Trinajstić information content (AvgIpc) is 2.67. The quantitative estimate of drug-likeness (QED) is 0.906. The number of pyridine rings is 1. The number of anilines is 1. The molecule has 0 bridgehead atoms. The standard InChI is InChI=1S/C19H23FN4O/c1-2-23-9-11-24(12-10-23)18-13-15(7-8-21-18)14-22-19(25)16-5-3-4-6-17(16)20/h3-8,13H,2,9-12,14H2,1H3,(H,22,25). The second-order valence-electron chi connectivity index (χ2n) is 6.11. The smallest absolute Gasteiger partial charge is 0.254 e. The lowest BCUT2D eigenvalue weighted by Gasteiger charge is -2.34. The molecular weight excluding hydrogens is 319 g/mol. The molecule has 1 aliphatic rings. The van der Waals surface area contributed by atoms with Crippen molar-refractivity contribution in [1.29, 1.82) is 0 Å². The maximum atomic E-state index is 13.7. The molecule has 5 nitrogen and oxygen atoms in total. The zero-order chi connectivity index (χ0) is 17.6. The molecule has 0 spiro atoms. The first kappa shape index (κ1) is 17.4. The predicted octanol–water partition coefficient (Wildman–Crippen LogP) is 2.29. The summed E-state index contributed by atoms with van der Waals surface area (Å²) in [6.45, 7) is 7.56. The molecule has 25 heavy (non-hydrogen) atoms. The van der Waals surface area contributed by atoms with E-state index in [2.05, 4.69) is 27.0 Å². The van der Waals surface area contributed by atoms with E-state index in [1.807, 2.05) is 12.1 Å². The van der Waals surface area contributed by atoms with Crippen molar-refractivity contribution in [3.8, 4) is 0 Å². The highest BCUT2D eigenvalue weighted by atomic mass is 19.1. The molecule has 1 aliphatic heterocycles. The van der Waals surface area contributed by atoms with E-state index in [0.29, 0.717) is 6.54 Å². The molecule has 6 heteroatoms. The van der Waals surface area contributed by atoms with Crippen molar-refractivity contribution in [1.82, 2.24) is 15.2 Å². The summed E-state index contributed by atoms with van der Waals surface area (Å²) >= 11 is 0. The number of nitrogens with zero attached hydrogens (tertiary/aromatic N) is 3. The highest BCUT2D eigenvalue weighted by Gasteiger charge is 2.17. The lowest BCUT2D eigenvalue weighted by atomic mass is 10.2. The van der Waals surface area contributed by atoms with Gasteiger partial charge in [-0.15, -0.1) is 0 Å². The number of nitrogens with one attached hydrogen (secondary N) is 1. The molecule has 0 unspecified atom stereocenters. The molecule has 0 atom stereocenters. The van der Waals surface area contributed by atoms with Gasteiger partial charge in [-0.05, 0) is 36.4 Å². The third-order valence-corrected chi connectivity index (χ3v) is 4.52. The summed E-state index contributed by atoms with van der Waals surface area (Å²) in [5, 5.41) is 2.77. The zero-order valence-corrected chi connectivity index (χ0v) is 14.4. The fourth-order valence-electron chi connectivity index (χ4n) is 2.96. The molecule has 1 fully saturated rings. The van der Waals surface area contributed by atoms with Crippen molar-refractivity contribution in [2.24, 2.45) is 0 Å². The Morgan fingerprint density at radius 3 is 2.68 bits per heavy atom. The van der Waals surface area contributed by atoms with Crippen LogP contribution in [0, 0.1) is 5.82 Å². The van der Waals surface area contributed by atoms with Crippen LogP contribution in [0.2, 0.25) is 0 Å². The summed E-state index contributed by atoms with van der Waals surface area (Å²) in [5.41, 5.74) is 1.01. The van der Waals surface area contributed by atoms with Gasteiger partial charge in [0.25, 0.3) is 5.91 Å². The number of hydrogen-bond acceptors (Lipinski definition) is 4. The van der Waals surface area contributed by atoms with Gasteiger partial charge in [-0.1, -0.05) is 19.1 Å². The van der Waals surface area contributed by atoms with Gasteiger partial charge in [-0.3, -0.25) is 4.79 Å². The summed E-state index contributed by atoms with van der Waals surface area (Å²) in [6, 6.07) is 9.85. The predicted molar refractivity (Wildman–Crippen MR) is 96.1 cm³/mol. The maximum Gasteiger partial charge on any atom is 0.254 e. The van der Waals surface area contributed by atoms with Crippen LogP contribution in [-0.2, 0) is 6.54 Å². The van der Waals surface area contributed by atoms with Crippen LogP contribution >= 0.6 is 0 Å². The molecule has 1 N–H and O–H groups in total. The van der Waals surface area contributed by atoms with E-state index in [0.717, 1.165) is 44.1 Å². The number of carbonyl (C=O) groups excluding carboxylic acids is 1. The third kappa shape index (κ3) is 4.33. The summed E-state index contributed by atoms with van der Waals surface area (Å²) in [4.78, 5) is 21.2. The van der Waals surface area contributed by atoms with Crippen molar-refractivity contribution < 1.29 is 9.18 Å². The minimum Gasteiger partial charge on any atom is -0.354 e. The number of hydrogen-bond donors (Lipinski definition) is 1. The van der Waals surface area contributed by atoms with Crippen molar-refractivity contribution >= 4 is 11.7 Å². The number of halogens is 1. The zero-order valence-electron chi connectivity index (χ0n) is 14.4. The van der Waals surface area contributed by atoms with Crippen LogP contribution in [0.5, 0.6) is 0 Å². The molecule has 3 rings (SSSR count). The Bertz CT molecular complexity index is 729. The van der Waals surface area contributed by atoms with Crippen molar-refractivity contribution in [2.75, 3.05) is 37.6 Å². The molecule has 2 heterocycles. The first-order valence-corrected chi connectivity index (χ1v) is 8.62. The van der Waals surface area contributed by atoms with Crippen molar-refractivity contribution in [3.05, 3.63) is 59.5 Å². The average molecular weight is 342 g/mol. The minimum absolute atomic E-state index is 0.0625. The number of piperazine rings is 1. The van der Waals surface area contributed by atoms with Crippen LogP contribution < -0.4 is 10.2 Å². The largest absolute Gasteiger partial charge is 0.354 e. The summed E-state index contributed by atoms with van der Waals surface area (Å²) in [5.74, 6) is 0.00521. The fourth-order valence-corrected chi connectivity index (χ4v) is 2.96. The van der Waals surface area contributed by atoms with Gasteiger partial charge in [0.2, 0.25) is 0 Å². The van der Waals surface area contributed by atoms with Gasteiger partial charge in [0.1, 0.15) is 11.6 Å². The number of likely N-dealkylation sites (N-methyl/N-ethyl adjacent to an activating group) is 1. The second kappa shape index (κ2) is 8.07. The molecule has 2 aromatic rings. The minimum atomic E-state index is -0.510. The first-order valence-electron chi connectivity index (χ1n) is 8.62. The van der Waals surface area contributed by atoms with Gasteiger partial charge < -0.3 is 15.1 Å². The van der Waals surface area contributed by atoms with Gasteiger partial charge in [0, 0.05) is 38.9 Å². The Morgan fingerprint density at radius 1 is 1.20 bits per heavy atom. The van der Waals surface area contributed by atoms with Crippen LogP contribution in [0.4, 0.5) is 10.2 Å². The highest BCUT2D eigenvalue weighted by molar-refractivity contribution is 5.94. The highest BCUT2D eigenvalue weighted by Crippen LogP contribution is 2.15. The van der Waals surface area contributed by atoms with Crippen LogP contribution in [0.1, 0.15) is 22.8 Å². The first-order chi connectivity index (χ1) is 12.2. The van der Waals surface area contributed by atoms with Gasteiger partial charge in [0.05, 0.1) is 5.56 Å². The number of aromatic nitrogens is 1. The molecule has 0 saturated carbocycles. The van der Waals surface area contributed by atoms with Crippen LogP contribution in [0.3, 0.4) is 0 Å². The molecular formula is C19H23FN4O. The molecule has 1 saturated heterocycles. The van der Waals surface area contributed by atoms with Gasteiger partial charge in [-0.2, -0.15) is 0 Å². The number of rotatable bonds is 5. The Balaban J connectivity index is 1.61. The Kier molecular flexibility index (Phi) is 5.60. The Hall–Kier alpha value is -2.47. The molecule has 132 valence electrons. The molecule has 0 radical (unpaired) electrons. The van der Waals surface area contributed by atoms with E-state index < -0.39 is 11.7 Å². The number of amides is 1. The maximum absolute atomic E-state index is 13.7. The molecule has 0 aliphatic carbocycles. The van der Waals surface area contributed by atoms with Gasteiger partial charge in [0.15, 0.2) is 0 Å². The summed E-state index contributed by atoms with van der Waals surface area (Å²) < 4.78 is 13.7. The van der Waals surface area contributed by atoms with E-state index >= 15 is 0 Å². The van der Waals surface area contributed by atoms with Crippen LogP contribution in [0.25, 0.3) is 0 Å². The monoisotopic (exact) mass is 342 g/mol. The fraction of sp³-hybridized carbons (Fsp3) is 0.368. The Labute approximate surface area is 147 Å². The van der Waals surface area contributed by atoms with Crippen molar-refractivity contribution in [2.45, 2.75) is 13.5 Å². The van der Waals surface area contributed by atoms with E-state index in [4.69, 9.17) is 0 Å². The SMILES string of the molecule is CCN1CCN(c2cc(CNC(=O)c3ccccc3F)ccn2)CC1. The molecule has 1 aromatic heterocycles. The van der Waals surface area contributed by atoms with Crippen molar-refractivity contribution in [3.63, 3.8) is 0 Å². The van der Waals surface area contributed by atoms with Gasteiger partial charge in [-0.25, -0.2) is 9.37 Å². The third-order valence-electron chi connectivity index (χ3n) is 4.52. The normalized spacial score (nSPS) is 15.2. The second-order valence-corrected chi connectivity index (χ2v) is 6.11. The van der Waals surface area contributed by atoms with E-state index in [-0.39, 0.29) is 5.56 Å². The van der Waals surface area contributed by atoms with E-state index in [1.165, 1.54) is 12.1 Å². The lowest BCUT2D eigenvalue weighted by molar-refractivity contribution is 0.0947. The summed E-state index contributed by atoms with van der Waals surface area (Å²) in [6.07, 6.45) is 1.76. The van der Waals surface area contributed by atoms with E-state index in [1.54, 1.807) is 18.3 Å². The van der Waals surface area contributed by atoms with Gasteiger partial charge >= 0.3 is 0 Å². The molecule has 1 amide bonds. The van der Waals surface area contributed by atoms with E-state index in [9.17, 15) is 9.18 Å². The Morgan fingerprint density at radius 2 is 1.96 bits per heavy atom. The number of carbonyl (C=O) groups is 1.